The SMILES string of the molecule is Cc1c[nH]c2c(Nc3nc(N[C@@H]4CCCC[C@@H]4N)cc4nc[nH]c(=O)c34)cccc12. The maximum Gasteiger partial charge on any atom is 0.262 e. The van der Waals surface area contributed by atoms with Crippen molar-refractivity contribution in [3.63, 3.8) is 0 Å². The van der Waals surface area contributed by atoms with E-state index in [1.807, 2.05) is 24.4 Å². The summed E-state index contributed by atoms with van der Waals surface area (Å²) in [6.45, 7) is 2.06. The molecule has 4 aromatic rings. The normalized spacial score (nSPS) is 19.3. The smallest absolute Gasteiger partial charge is 0.262 e. The summed E-state index contributed by atoms with van der Waals surface area (Å²) in [6, 6.07) is 8.08. The van der Waals surface area contributed by atoms with E-state index in [1.54, 1.807) is 0 Å². The Hall–Kier alpha value is -3.39. The number of hydrogen-bond acceptors (Lipinski definition) is 6. The van der Waals surface area contributed by atoms with E-state index in [0.29, 0.717) is 22.5 Å². The van der Waals surface area contributed by atoms with Gasteiger partial charge in [-0.2, -0.15) is 0 Å². The zero-order valence-corrected chi connectivity index (χ0v) is 16.8. The molecule has 3 aromatic heterocycles. The second kappa shape index (κ2) is 7.46. The Labute approximate surface area is 173 Å². The highest BCUT2D eigenvalue weighted by Gasteiger charge is 2.23. The fourth-order valence-corrected chi connectivity index (χ4v) is 4.31. The second-order valence-corrected chi connectivity index (χ2v) is 8.01. The highest BCUT2D eigenvalue weighted by atomic mass is 16.1. The van der Waals surface area contributed by atoms with Gasteiger partial charge in [0.05, 0.1) is 23.0 Å². The Morgan fingerprint density at radius 2 is 2.07 bits per heavy atom. The molecule has 1 aromatic carbocycles. The fourth-order valence-electron chi connectivity index (χ4n) is 4.31. The van der Waals surface area contributed by atoms with Crippen molar-refractivity contribution in [1.29, 1.82) is 0 Å². The molecule has 0 saturated heterocycles. The third-order valence-corrected chi connectivity index (χ3v) is 5.95. The van der Waals surface area contributed by atoms with Gasteiger partial charge in [0.15, 0.2) is 0 Å². The first-order chi connectivity index (χ1) is 14.6. The molecule has 2 atom stereocenters. The molecule has 154 valence electrons. The molecule has 0 aliphatic heterocycles. The minimum Gasteiger partial charge on any atom is -0.366 e. The first-order valence-electron chi connectivity index (χ1n) is 10.3. The van der Waals surface area contributed by atoms with Gasteiger partial charge in [-0.05, 0) is 31.4 Å². The summed E-state index contributed by atoms with van der Waals surface area (Å²) in [6.07, 6.45) is 7.71. The third kappa shape index (κ3) is 3.29. The lowest BCUT2D eigenvalue weighted by molar-refractivity contribution is 0.403. The summed E-state index contributed by atoms with van der Waals surface area (Å²) < 4.78 is 0. The molecule has 0 unspecified atom stereocenters. The average molecular weight is 403 g/mol. The van der Waals surface area contributed by atoms with Gasteiger partial charge in [-0.25, -0.2) is 9.97 Å². The van der Waals surface area contributed by atoms with Crippen LogP contribution >= 0.6 is 0 Å². The molecule has 3 heterocycles. The van der Waals surface area contributed by atoms with Crippen LogP contribution in [0.5, 0.6) is 0 Å². The Morgan fingerprint density at radius 1 is 1.20 bits per heavy atom. The van der Waals surface area contributed by atoms with Gasteiger partial charge < -0.3 is 26.3 Å². The summed E-state index contributed by atoms with van der Waals surface area (Å²) in [7, 11) is 0. The minimum atomic E-state index is -0.231. The number of nitrogens with one attached hydrogen (secondary N) is 4. The number of hydrogen-bond donors (Lipinski definition) is 5. The highest BCUT2D eigenvalue weighted by Crippen LogP contribution is 2.30. The number of anilines is 3. The average Bonchev–Trinajstić information content (AvgIpc) is 3.12. The zero-order chi connectivity index (χ0) is 20.7. The number of aromatic nitrogens is 4. The van der Waals surface area contributed by atoms with E-state index in [0.717, 1.165) is 47.8 Å². The molecule has 1 saturated carbocycles. The van der Waals surface area contributed by atoms with Crippen LogP contribution in [0.15, 0.2) is 41.6 Å². The summed E-state index contributed by atoms with van der Waals surface area (Å²) in [5.74, 6) is 1.13. The topological polar surface area (TPSA) is 125 Å². The number of nitrogens with zero attached hydrogens (tertiary/aromatic N) is 2. The van der Waals surface area contributed by atoms with Crippen molar-refractivity contribution in [2.75, 3.05) is 10.6 Å². The Morgan fingerprint density at radius 3 is 2.93 bits per heavy atom. The van der Waals surface area contributed by atoms with Crippen molar-refractivity contribution in [1.82, 2.24) is 19.9 Å². The van der Waals surface area contributed by atoms with E-state index < -0.39 is 0 Å². The number of rotatable bonds is 4. The molecule has 5 rings (SSSR count). The first kappa shape index (κ1) is 18.6. The molecule has 0 amide bonds. The van der Waals surface area contributed by atoms with E-state index in [-0.39, 0.29) is 17.6 Å². The molecule has 0 spiro atoms. The highest BCUT2D eigenvalue weighted by molar-refractivity contribution is 5.98. The fraction of sp³-hybridized carbons (Fsp3) is 0.318. The van der Waals surface area contributed by atoms with Crippen molar-refractivity contribution in [2.45, 2.75) is 44.7 Å². The molecular formula is C22H25N7O. The van der Waals surface area contributed by atoms with Gasteiger partial charge >= 0.3 is 0 Å². The Kier molecular flexibility index (Phi) is 4.63. The van der Waals surface area contributed by atoms with Crippen molar-refractivity contribution in [3.8, 4) is 0 Å². The quantitative estimate of drug-likeness (QED) is 0.355. The van der Waals surface area contributed by atoms with Crippen molar-refractivity contribution < 1.29 is 0 Å². The molecule has 1 fully saturated rings. The van der Waals surface area contributed by atoms with Crippen LogP contribution in [-0.2, 0) is 0 Å². The molecule has 0 bridgehead atoms. The monoisotopic (exact) mass is 403 g/mol. The number of aromatic amines is 2. The van der Waals surface area contributed by atoms with E-state index in [2.05, 4.69) is 38.6 Å². The molecule has 30 heavy (non-hydrogen) atoms. The van der Waals surface area contributed by atoms with Crippen LogP contribution in [0.25, 0.3) is 21.8 Å². The molecule has 1 aliphatic carbocycles. The largest absolute Gasteiger partial charge is 0.366 e. The summed E-state index contributed by atoms with van der Waals surface area (Å²) in [5.41, 5.74) is 9.64. The third-order valence-electron chi connectivity index (χ3n) is 5.95. The number of aryl methyl sites for hydroxylation is 1. The van der Waals surface area contributed by atoms with Crippen LogP contribution in [-0.4, -0.2) is 32.0 Å². The van der Waals surface area contributed by atoms with Crippen LogP contribution in [0.2, 0.25) is 0 Å². The maximum absolute atomic E-state index is 12.6. The van der Waals surface area contributed by atoms with Crippen molar-refractivity contribution in [2.24, 2.45) is 5.73 Å². The lowest BCUT2D eigenvalue weighted by Crippen LogP contribution is -2.42. The van der Waals surface area contributed by atoms with Crippen LogP contribution in [0.3, 0.4) is 0 Å². The van der Waals surface area contributed by atoms with Crippen molar-refractivity contribution in [3.05, 3.63) is 52.7 Å². The molecule has 8 heteroatoms. The van der Waals surface area contributed by atoms with Gasteiger partial charge in [-0.3, -0.25) is 4.79 Å². The van der Waals surface area contributed by atoms with E-state index in [1.165, 1.54) is 6.33 Å². The van der Waals surface area contributed by atoms with Crippen LogP contribution in [0, 0.1) is 6.92 Å². The lowest BCUT2D eigenvalue weighted by Gasteiger charge is -2.29. The molecule has 8 nitrogen and oxygen atoms in total. The number of nitrogens with two attached hydrogens (primary N) is 1. The number of fused-ring (bicyclic) bond motifs is 2. The number of H-pyrrole nitrogens is 2. The van der Waals surface area contributed by atoms with E-state index in [4.69, 9.17) is 10.7 Å². The van der Waals surface area contributed by atoms with Gasteiger partial charge in [-0.15, -0.1) is 0 Å². The zero-order valence-electron chi connectivity index (χ0n) is 16.8. The summed E-state index contributed by atoms with van der Waals surface area (Å²) in [4.78, 5) is 27.7. The predicted octanol–water partition coefficient (Wildman–Crippen LogP) is 3.53. The van der Waals surface area contributed by atoms with Crippen molar-refractivity contribution >= 4 is 39.1 Å². The number of pyridine rings is 1. The molecule has 6 N–H and O–H groups in total. The van der Waals surface area contributed by atoms with Crippen LogP contribution in [0.4, 0.5) is 17.3 Å². The lowest BCUT2D eigenvalue weighted by atomic mass is 9.91. The van der Waals surface area contributed by atoms with Gasteiger partial charge in [0.1, 0.15) is 17.0 Å². The van der Waals surface area contributed by atoms with E-state index in [9.17, 15) is 4.79 Å². The summed E-state index contributed by atoms with van der Waals surface area (Å²) >= 11 is 0. The molecule has 1 aliphatic rings. The Bertz CT molecular complexity index is 1280. The maximum atomic E-state index is 12.6. The Balaban J connectivity index is 1.59. The van der Waals surface area contributed by atoms with Crippen LogP contribution in [0.1, 0.15) is 31.2 Å². The van der Waals surface area contributed by atoms with Gasteiger partial charge in [0.2, 0.25) is 0 Å². The predicted molar refractivity (Wildman–Crippen MR) is 120 cm³/mol. The summed E-state index contributed by atoms with van der Waals surface area (Å²) in [5, 5.41) is 8.38. The number of para-hydroxylation sites is 1. The molecule has 0 radical (unpaired) electrons. The standard InChI is InChI=1S/C22H25N7O/c1-12-10-24-20-13(12)5-4-8-16(20)28-21-19-17(25-11-26-22(19)30)9-18(29-21)27-15-7-3-2-6-14(15)23/h4-5,8-11,14-15,24H,2-3,6-7,23H2,1H3,(H,25,26,30)(H2,27,28,29)/t14-,15+/m0/s1. The minimum absolute atomic E-state index is 0.0930. The second-order valence-electron chi connectivity index (χ2n) is 8.01. The molecular weight excluding hydrogens is 378 g/mol. The van der Waals surface area contributed by atoms with Crippen LogP contribution < -0.4 is 21.9 Å². The van der Waals surface area contributed by atoms with E-state index >= 15 is 0 Å². The number of benzene rings is 1. The van der Waals surface area contributed by atoms with Gasteiger partial charge in [0.25, 0.3) is 5.56 Å². The first-order valence-corrected chi connectivity index (χ1v) is 10.3. The van der Waals surface area contributed by atoms with Gasteiger partial charge in [0, 0.05) is 29.7 Å². The van der Waals surface area contributed by atoms with Gasteiger partial charge in [-0.1, -0.05) is 25.0 Å².